The van der Waals surface area contributed by atoms with E-state index in [2.05, 4.69) is 25.8 Å². The van der Waals surface area contributed by atoms with Crippen LogP contribution in [0.3, 0.4) is 0 Å². The van der Waals surface area contributed by atoms with Crippen molar-refractivity contribution in [3.63, 3.8) is 0 Å². The van der Waals surface area contributed by atoms with Gasteiger partial charge in [0.25, 0.3) is 0 Å². The van der Waals surface area contributed by atoms with E-state index in [9.17, 15) is 5.11 Å². The fourth-order valence-electron chi connectivity index (χ4n) is 1.21. The Morgan fingerprint density at radius 2 is 2.11 bits per heavy atom. The molecule has 0 aromatic heterocycles. The van der Waals surface area contributed by atoms with E-state index in [0.717, 1.165) is 13.0 Å². The molecular weight excluding hydrogens is 114 g/mol. The van der Waals surface area contributed by atoms with E-state index in [1.54, 1.807) is 0 Å². The van der Waals surface area contributed by atoms with E-state index in [4.69, 9.17) is 0 Å². The molecule has 1 rings (SSSR count). The number of rotatable bonds is 0. The van der Waals surface area contributed by atoms with Gasteiger partial charge in [0, 0.05) is 12.1 Å². The topological polar surface area (TPSA) is 23.5 Å². The zero-order valence-corrected chi connectivity index (χ0v) is 6.39. The van der Waals surface area contributed by atoms with Gasteiger partial charge in [-0.15, -0.1) is 0 Å². The molecule has 0 unspecified atom stereocenters. The Morgan fingerprint density at radius 1 is 1.56 bits per heavy atom. The monoisotopic (exact) mass is 129 g/mol. The van der Waals surface area contributed by atoms with E-state index in [-0.39, 0.29) is 11.6 Å². The highest BCUT2D eigenvalue weighted by Crippen LogP contribution is 2.26. The molecule has 1 aliphatic rings. The number of likely N-dealkylation sites (tertiary alicyclic amines) is 1. The van der Waals surface area contributed by atoms with Gasteiger partial charge in [0.05, 0.1) is 6.10 Å². The van der Waals surface area contributed by atoms with Crippen molar-refractivity contribution in [2.75, 3.05) is 13.6 Å². The smallest absolute Gasteiger partial charge is 0.0730 e. The summed E-state index contributed by atoms with van der Waals surface area (Å²) in [5.41, 5.74) is 0. The van der Waals surface area contributed by atoms with E-state index in [0.29, 0.717) is 0 Å². The van der Waals surface area contributed by atoms with Gasteiger partial charge in [-0.05, 0) is 27.3 Å². The third-order valence-corrected chi connectivity index (χ3v) is 2.54. The normalized spacial score (nSPS) is 35.3. The zero-order chi connectivity index (χ0) is 7.07. The van der Waals surface area contributed by atoms with Gasteiger partial charge in [0.1, 0.15) is 0 Å². The Kier molecular flexibility index (Phi) is 1.53. The van der Waals surface area contributed by atoms with Crippen LogP contribution in [0, 0.1) is 0 Å². The van der Waals surface area contributed by atoms with Crippen LogP contribution in [0.15, 0.2) is 0 Å². The second kappa shape index (κ2) is 1.96. The lowest BCUT2D eigenvalue weighted by molar-refractivity contribution is 0.0682. The number of aliphatic hydroxyl groups is 1. The third-order valence-electron chi connectivity index (χ3n) is 2.54. The molecule has 1 fully saturated rings. The van der Waals surface area contributed by atoms with Crippen molar-refractivity contribution in [2.45, 2.75) is 31.9 Å². The minimum Gasteiger partial charge on any atom is -0.391 e. The highest BCUT2D eigenvalue weighted by Gasteiger charge is 2.37. The predicted molar refractivity (Wildman–Crippen MR) is 37.3 cm³/mol. The summed E-state index contributed by atoms with van der Waals surface area (Å²) in [6.07, 6.45) is 0.784. The minimum atomic E-state index is -0.137. The van der Waals surface area contributed by atoms with E-state index < -0.39 is 0 Å². The second-order valence-corrected chi connectivity index (χ2v) is 3.38. The van der Waals surface area contributed by atoms with Gasteiger partial charge in [-0.3, -0.25) is 4.90 Å². The molecule has 1 saturated heterocycles. The van der Waals surface area contributed by atoms with Crippen molar-refractivity contribution < 1.29 is 5.11 Å². The summed E-state index contributed by atoms with van der Waals surface area (Å²) in [4.78, 5) is 2.19. The van der Waals surface area contributed by atoms with Crippen molar-refractivity contribution in [1.82, 2.24) is 4.90 Å². The lowest BCUT2D eigenvalue weighted by Gasteiger charge is -2.30. The largest absolute Gasteiger partial charge is 0.391 e. The molecule has 0 aromatic carbocycles. The summed E-state index contributed by atoms with van der Waals surface area (Å²) >= 11 is 0. The molecule has 0 aromatic rings. The average Bonchev–Trinajstić information content (AvgIpc) is 1.96. The SMILES string of the molecule is CN1CC[C@H](O)C1(C)C. The summed E-state index contributed by atoms with van der Waals surface area (Å²) in [6.45, 7) is 5.17. The van der Waals surface area contributed by atoms with Crippen molar-refractivity contribution in [3.05, 3.63) is 0 Å². The molecule has 0 aliphatic carbocycles. The van der Waals surface area contributed by atoms with Crippen molar-refractivity contribution in [2.24, 2.45) is 0 Å². The molecule has 1 aliphatic heterocycles. The first-order valence-corrected chi connectivity index (χ1v) is 3.44. The Labute approximate surface area is 56.5 Å². The molecule has 2 nitrogen and oxygen atoms in total. The van der Waals surface area contributed by atoms with Crippen LogP contribution in [0.2, 0.25) is 0 Å². The van der Waals surface area contributed by atoms with Gasteiger partial charge in [-0.2, -0.15) is 0 Å². The van der Waals surface area contributed by atoms with Crippen LogP contribution in [0.1, 0.15) is 20.3 Å². The number of hydrogen-bond acceptors (Lipinski definition) is 2. The molecule has 1 N–H and O–H groups in total. The maximum absolute atomic E-state index is 9.39. The Morgan fingerprint density at radius 3 is 2.22 bits per heavy atom. The first kappa shape index (κ1) is 7.03. The van der Waals surface area contributed by atoms with Gasteiger partial charge in [0.2, 0.25) is 0 Å². The summed E-state index contributed by atoms with van der Waals surface area (Å²) in [6, 6.07) is 0. The maximum atomic E-state index is 9.39. The van der Waals surface area contributed by atoms with Crippen LogP contribution in [-0.2, 0) is 0 Å². The lowest BCUT2D eigenvalue weighted by Crippen LogP contribution is -2.42. The molecule has 1 atom stereocenters. The van der Waals surface area contributed by atoms with Crippen LogP contribution >= 0.6 is 0 Å². The summed E-state index contributed by atoms with van der Waals surface area (Å²) in [5, 5.41) is 9.39. The van der Waals surface area contributed by atoms with Gasteiger partial charge in [-0.25, -0.2) is 0 Å². The van der Waals surface area contributed by atoms with Crippen LogP contribution in [0.25, 0.3) is 0 Å². The van der Waals surface area contributed by atoms with Gasteiger partial charge in [-0.1, -0.05) is 0 Å². The molecule has 54 valence electrons. The Balaban J connectivity index is 2.66. The van der Waals surface area contributed by atoms with Crippen LogP contribution in [0.5, 0.6) is 0 Å². The summed E-state index contributed by atoms with van der Waals surface area (Å²) in [5.74, 6) is 0. The number of likely N-dealkylation sites (N-methyl/N-ethyl adjacent to an activating group) is 1. The van der Waals surface area contributed by atoms with Gasteiger partial charge < -0.3 is 5.11 Å². The second-order valence-electron chi connectivity index (χ2n) is 3.38. The molecule has 2 heteroatoms. The summed E-state index contributed by atoms with van der Waals surface area (Å²) < 4.78 is 0. The van der Waals surface area contributed by atoms with Crippen molar-refractivity contribution >= 4 is 0 Å². The van der Waals surface area contributed by atoms with Crippen LogP contribution < -0.4 is 0 Å². The molecule has 1 heterocycles. The summed E-state index contributed by atoms with van der Waals surface area (Å²) in [7, 11) is 2.05. The van der Waals surface area contributed by atoms with Gasteiger partial charge >= 0.3 is 0 Å². The molecule has 0 saturated carbocycles. The molecular formula is C7H15NO. The van der Waals surface area contributed by atoms with E-state index in [1.807, 2.05) is 0 Å². The number of hydrogen-bond donors (Lipinski definition) is 1. The number of nitrogens with zero attached hydrogens (tertiary/aromatic N) is 1. The van der Waals surface area contributed by atoms with Gasteiger partial charge in [0.15, 0.2) is 0 Å². The third kappa shape index (κ3) is 0.970. The standard InChI is InChI=1S/C7H15NO/c1-7(2)6(9)4-5-8(7)3/h6,9H,4-5H2,1-3H3/t6-/m0/s1. The minimum absolute atomic E-state index is 0. The Bertz CT molecular complexity index is 99.5. The lowest BCUT2D eigenvalue weighted by atomic mass is 9.99. The predicted octanol–water partition coefficient (Wildman–Crippen LogP) is 0.461. The number of aliphatic hydroxyl groups excluding tert-OH is 1. The highest BCUT2D eigenvalue weighted by atomic mass is 16.3. The molecule has 0 radical (unpaired) electrons. The zero-order valence-electron chi connectivity index (χ0n) is 6.39. The molecule has 9 heavy (non-hydrogen) atoms. The van der Waals surface area contributed by atoms with E-state index >= 15 is 0 Å². The maximum Gasteiger partial charge on any atom is 0.0730 e. The fourth-order valence-corrected chi connectivity index (χ4v) is 1.21. The molecule has 0 bridgehead atoms. The molecule has 0 spiro atoms. The Hall–Kier alpha value is -0.0800. The van der Waals surface area contributed by atoms with Crippen molar-refractivity contribution in [3.8, 4) is 0 Å². The van der Waals surface area contributed by atoms with Crippen LogP contribution in [0.4, 0.5) is 0 Å². The first-order valence-electron chi connectivity index (χ1n) is 3.44. The van der Waals surface area contributed by atoms with E-state index in [1.165, 1.54) is 0 Å². The highest BCUT2D eigenvalue weighted by molar-refractivity contribution is 4.93. The van der Waals surface area contributed by atoms with Crippen LogP contribution in [-0.4, -0.2) is 35.2 Å². The first-order chi connectivity index (χ1) is 4.05. The quantitative estimate of drug-likeness (QED) is 0.513. The fraction of sp³-hybridized carbons (Fsp3) is 1.00. The van der Waals surface area contributed by atoms with Crippen molar-refractivity contribution in [1.29, 1.82) is 0 Å². The molecule has 0 amide bonds. The average molecular weight is 129 g/mol.